The third kappa shape index (κ3) is 6.00. The van der Waals surface area contributed by atoms with Crippen LogP contribution in [0.4, 0.5) is 8.78 Å². The molecule has 1 amide bonds. The summed E-state index contributed by atoms with van der Waals surface area (Å²) in [5.41, 5.74) is 0.146. The lowest BCUT2D eigenvalue weighted by Gasteiger charge is -2.06. The first kappa shape index (κ1) is 24.5. The van der Waals surface area contributed by atoms with Gasteiger partial charge in [-0.25, -0.2) is 17.2 Å². The van der Waals surface area contributed by atoms with Gasteiger partial charge in [0.25, 0.3) is 0 Å². The molecule has 1 aromatic heterocycles. The van der Waals surface area contributed by atoms with Crippen molar-refractivity contribution in [1.82, 2.24) is 4.57 Å². The molecule has 6 nitrogen and oxygen atoms in total. The molecule has 0 radical (unpaired) electrons. The van der Waals surface area contributed by atoms with Crippen LogP contribution in [0.3, 0.4) is 0 Å². The Bertz CT molecular complexity index is 1290. The van der Waals surface area contributed by atoms with Gasteiger partial charge in [0.05, 0.1) is 27.5 Å². The average molecular weight is 503 g/mol. The molecule has 3 rings (SSSR count). The van der Waals surface area contributed by atoms with E-state index >= 15 is 0 Å². The van der Waals surface area contributed by atoms with E-state index in [4.69, 9.17) is 16.3 Å². The van der Waals surface area contributed by atoms with Gasteiger partial charge >= 0.3 is 0 Å². The molecule has 0 N–H and O–H groups in total. The number of hydrogen-bond donors (Lipinski definition) is 0. The summed E-state index contributed by atoms with van der Waals surface area (Å²) < 4.78 is 59.9. The molecule has 0 atom stereocenters. The monoisotopic (exact) mass is 502 g/mol. The lowest BCUT2D eigenvalue weighted by Crippen LogP contribution is -2.20. The van der Waals surface area contributed by atoms with E-state index in [0.29, 0.717) is 16.3 Å². The minimum atomic E-state index is -3.56. The van der Waals surface area contributed by atoms with Gasteiger partial charge in [0.2, 0.25) is 5.91 Å². The summed E-state index contributed by atoms with van der Waals surface area (Å²) in [4.78, 5) is 16.8. The first-order valence-electron chi connectivity index (χ1n) is 9.83. The molecule has 3 aromatic rings. The largest absolute Gasteiger partial charge is 0.380 e. The smallest absolute Gasteiger partial charge is 0.248 e. The SMILES string of the molecule is CCOCCn1c(=NC(=O)CCCS(=O)(=O)c2ccc(Cl)cc2)sc2cc(F)cc(F)c21. The second kappa shape index (κ2) is 10.7. The molecular weight excluding hydrogens is 482 g/mol. The lowest BCUT2D eigenvalue weighted by atomic mass is 10.3. The number of thiazole rings is 1. The van der Waals surface area contributed by atoms with Crippen LogP contribution in [-0.4, -0.2) is 37.9 Å². The normalized spacial score (nSPS) is 12.6. The van der Waals surface area contributed by atoms with Crippen molar-refractivity contribution in [2.75, 3.05) is 19.0 Å². The molecule has 0 aliphatic rings. The maximum absolute atomic E-state index is 14.4. The van der Waals surface area contributed by atoms with E-state index in [-0.39, 0.29) is 47.0 Å². The van der Waals surface area contributed by atoms with Crippen molar-refractivity contribution in [3.8, 4) is 0 Å². The summed E-state index contributed by atoms with van der Waals surface area (Å²) in [7, 11) is -3.56. The standard InChI is InChI=1S/C21H21ClF2N2O4S2/c1-2-30-10-9-26-20-17(24)12-15(23)13-18(20)31-21(26)25-19(27)4-3-11-32(28,29)16-7-5-14(22)6-8-16/h5-8,12-13H,2-4,9-11H2,1H3. The topological polar surface area (TPSA) is 77.7 Å². The number of amides is 1. The summed E-state index contributed by atoms with van der Waals surface area (Å²) in [5.74, 6) is -2.25. The Morgan fingerprint density at radius 1 is 1.22 bits per heavy atom. The average Bonchev–Trinajstić information content (AvgIpc) is 3.05. The van der Waals surface area contributed by atoms with E-state index in [9.17, 15) is 22.0 Å². The highest BCUT2D eigenvalue weighted by atomic mass is 35.5. The molecule has 0 spiro atoms. The third-order valence-corrected chi connectivity index (χ3v) is 7.65. The van der Waals surface area contributed by atoms with Crippen molar-refractivity contribution >= 4 is 48.9 Å². The van der Waals surface area contributed by atoms with Crippen LogP contribution in [0.15, 0.2) is 46.3 Å². The minimum Gasteiger partial charge on any atom is -0.380 e. The summed E-state index contributed by atoms with van der Waals surface area (Å²) >= 11 is 6.77. The zero-order valence-corrected chi connectivity index (χ0v) is 19.6. The van der Waals surface area contributed by atoms with Crippen LogP contribution < -0.4 is 4.80 Å². The summed E-state index contributed by atoms with van der Waals surface area (Å²) in [6, 6.07) is 7.76. The van der Waals surface area contributed by atoms with Crippen LogP contribution in [-0.2, 0) is 25.9 Å². The molecular formula is C21H21ClF2N2O4S2. The van der Waals surface area contributed by atoms with Gasteiger partial charge in [-0.1, -0.05) is 22.9 Å². The molecule has 0 saturated heterocycles. The molecule has 172 valence electrons. The number of nitrogens with zero attached hydrogens (tertiary/aromatic N) is 2. The van der Waals surface area contributed by atoms with Crippen molar-refractivity contribution in [1.29, 1.82) is 0 Å². The molecule has 11 heteroatoms. The maximum atomic E-state index is 14.4. The van der Waals surface area contributed by atoms with Crippen molar-refractivity contribution in [2.24, 2.45) is 4.99 Å². The fraction of sp³-hybridized carbons (Fsp3) is 0.333. The van der Waals surface area contributed by atoms with E-state index < -0.39 is 27.4 Å². The van der Waals surface area contributed by atoms with Crippen LogP contribution in [0.1, 0.15) is 19.8 Å². The summed E-state index contributed by atoms with van der Waals surface area (Å²) in [5, 5.41) is 0.426. The van der Waals surface area contributed by atoms with E-state index in [0.717, 1.165) is 17.4 Å². The third-order valence-electron chi connectivity index (χ3n) is 4.56. The maximum Gasteiger partial charge on any atom is 0.248 e. The van der Waals surface area contributed by atoms with E-state index in [2.05, 4.69) is 4.99 Å². The second-order valence-electron chi connectivity index (χ2n) is 6.85. The van der Waals surface area contributed by atoms with E-state index in [1.165, 1.54) is 34.9 Å². The Hall–Kier alpha value is -2.14. The number of benzene rings is 2. The number of fused-ring (bicyclic) bond motifs is 1. The van der Waals surface area contributed by atoms with E-state index in [1.54, 1.807) is 0 Å². The van der Waals surface area contributed by atoms with Crippen LogP contribution >= 0.6 is 22.9 Å². The van der Waals surface area contributed by atoms with Crippen LogP contribution in [0.2, 0.25) is 5.02 Å². The quantitative estimate of drug-likeness (QED) is 0.407. The highest BCUT2D eigenvalue weighted by molar-refractivity contribution is 7.91. The minimum absolute atomic E-state index is 0.0696. The first-order chi connectivity index (χ1) is 15.2. The number of ether oxygens (including phenoxy) is 1. The predicted octanol–water partition coefficient (Wildman–Crippen LogP) is 4.35. The van der Waals surface area contributed by atoms with Gasteiger partial charge in [0.15, 0.2) is 20.5 Å². The van der Waals surface area contributed by atoms with Gasteiger partial charge in [0, 0.05) is 30.7 Å². The highest BCUT2D eigenvalue weighted by Gasteiger charge is 2.16. The second-order valence-corrected chi connectivity index (χ2v) is 10.4. The molecule has 0 aliphatic carbocycles. The van der Waals surface area contributed by atoms with Crippen molar-refractivity contribution in [2.45, 2.75) is 31.2 Å². The molecule has 32 heavy (non-hydrogen) atoms. The van der Waals surface area contributed by atoms with Gasteiger partial charge in [-0.2, -0.15) is 4.99 Å². The Labute approximate surface area is 193 Å². The highest BCUT2D eigenvalue weighted by Crippen LogP contribution is 2.22. The van der Waals surface area contributed by atoms with Crippen LogP contribution in [0, 0.1) is 11.6 Å². The lowest BCUT2D eigenvalue weighted by molar-refractivity contribution is -0.118. The number of halogens is 3. The summed E-state index contributed by atoms with van der Waals surface area (Å²) in [6.45, 7) is 2.78. The Kier molecular flexibility index (Phi) is 8.16. The summed E-state index contributed by atoms with van der Waals surface area (Å²) in [6.07, 6.45) is -0.0382. The molecule has 0 saturated carbocycles. The van der Waals surface area contributed by atoms with Crippen LogP contribution in [0.25, 0.3) is 10.2 Å². The predicted molar refractivity (Wildman–Crippen MR) is 120 cm³/mol. The number of carbonyl (C=O) groups is 1. The zero-order chi connectivity index (χ0) is 23.3. The van der Waals surface area contributed by atoms with Gasteiger partial charge in [-0.15, -0.1) is 0 Å². The van der Waals surface area contributed by atoms with Crippen molar-refractivity contribution in [3.05, 3.63) is 57.9 Å². The molecule has 1 heterocycles. The first-order valence-corrected chi connectivity index (χ1v) is 12.7. The molecule has 2 aromatic carbocycles. The van der Waals surface area contributed by atoms with Gasteiger partial charge in [-0.05, 0) is 43.7 Å². The number of sulfone groups is 1. The number of rotatable bonds is 9. The molecule has 0 aliphatic heterocycles. The van der Waals surface area contributed by atoms with Gasteiger partial charge in [0.1, 0.15) is 5.82 Å². The molecule has 0 bridgehead atoms. The Balaban J connectivity index is 1.78. The number of aromatic nitrogens is 1. The van der Waals surface area contributed by atoms with Gasteiger partial charge < -0.3 is 9.30 Å². The number of carbonyl (C=O) groups excluding carboxylic acids is 1. The fourth-order valence-electron chi connectivity index (χ4n) is 3.06. The molecule has 0 fully saturated rings. The van der Waals surface area contributed by atoms with Crippen molar-refractivity contribution in [3.63, 3.8) is 0 Å². The Morgan fingerprint density at radius 2 is 1.94 bits per heavy atom. The zero-order valence-electron chi connectivity index (χ0n) is 17.2. The number of hydrogen-bond acceptors (Lipinski definition) is 5. The molecule has 0 unspecified atom stereocenters. The van der Waals surface area contributed by atoms with Crippen molar-refractivity contribution < 1.29 is 26.7 Å². The van der Waals surface area contributed by atoms with E-state index in [1.807, 2.05) is 6.92 Å². The fourth-order valence-corrected chi connectivity index (χ4v) is 5.61. The van der Waals surface area contributed by atoms with Crippen LogP contribution in [0.5, 0.6) is 0 Å². The van der Waals surface area contributed by atoms with Gasteiger partial charge in [-0.3, -0.25) is 4.79 Å². The Morgan fingerprint density at radius 3 is 2.62 bits per heavy atom.